The van der Waals surface area contributed by atoms with E-state index in [1.165, 1.54) is 0 Å². The Morgan fingerprint density at radius 2 is 2.27 bits per heavy atom. The van der Waals surface area contributed by atoms with Crippen LogP contribution in [0.5, 0.6) is 0 Å². The number of nitrogens with two attached hydrogens (primary N) is 1. The number of carbonyl (C=O) groups excluding carboxylic acids is 1. The van der Waals surface area contributed by atoms with Crippen molar-refractivity contribution < 1.29 is 4.79 Å². The van der Waals surface area contributed by atoms with Crippen molar-refractivity contribution in [3.8, 4) is 6.07 Å². The van der Waals surface area contributed by atoms with Crippen LogP contribution in [0.1, 0.15) is 33.1 Å². The summed E-state index contributed by atoms with van der Waals surface area (Å²) in [5, 5.41) is 8.52. The zero-order valence-electron chi connectivity index (χ0n) is 9.49. The first kappa shape index (κ1) is 13.9. The molecule has 5 heteroatoms. The van der Waals surface area contributed by atoms with Crippen LogP contribution in [0.25, 0.3) is 0 Å². The fourth-order valence-corrected chi connectivity index (χ4v) is 1.58. The Bertz CT molecular complexity index is 224. The number of hydrogen-bond donors (Lipinski definition) is 2. The molecule has 0 aromatic rings. The molecule has 0 aliphatic heterocycles. The fourth-order valence-electron chi connectivity index (χ4n) is 1.58. The molecule has 0 aliphatic rings. The number of hydrazine groups is 1. The van der Waals surface area contributed by atoms with Crippen LogP contribution in [0.2, 0.25) is 0 Å². The van der Waals surface area contributed by atoms with Crippen molar-refractivity contribution in [2.24, 2.45) is 5.84 Å². The molecule has 1 atom stereocenters. The quantitative estimate of drug-likeness (QED) is 0.363. The summed E-state index contributed by atoms with van der Waals surface area (Å²) in [7, 11) is 0. The molecule has 0 aliphatic carbocycles. The summed E-state index contributed by atoms with van der Waals surface area (Å²) in [5.41, 5.74) is 2.18. The third kappa shape index (κ3) is 4.77. The maximum atomic E-state index is 11.5. The van der Waals surface area contributed by atoms with Gasteiger partial charge >= 0.3 is 0 Å². The highest BCUT2D eigenvalue weighted by atomic mass is 16.2. The van der Waals surface area contributed by atoms with E-state index in [2.05, 4.69) is 11.5 Å². The van der Waals surface area contributed by atoms with Gasteiger partial charge in [0.25, 0.3) is 5.91 Å². The lowest BCUT2D eigenvalue weighted by atomic mass is 10.1. The van der Waals surface area contributed by atoms with Gasteiger partial charge in [-0.15, -0.1) is 0 Å². The summed E-state index contributed by atoms with van der Waals surface area (Å²) in [6.45, 7) is 5.36. The van der Waals surface area contributed by atoms with Crippen LogP contribution in [0.4, 0.5) is 0 Å². The van der Waals surface area contributed by atoms with Gasteiger partial charge in [0, 0.05) is 13.0 Å². The number of nitrogens with one attached hydrogen (secondary N) is 1. The van der Waals surface area contributed by atoms with Crippen LogP contribution in [0.3, 0.4) is 0 Å². The molecule has 86 valence electrons. The molecule has 0 saturated heterocycles. The highest BCUT2D eigenvalue weighted by Gasteiger charge is 2.22. The lowest BCUT2D eigenvalue weighted by molar-refractivity contribution is -0.126. The lowest BCUT2D eigenvalue weighted by Gasteiger charge is -2.28. The minimum Gasteiger partial charge on any atom is -0.293 e. The van der Waals surface area contributed by atoms with Crippen molar-refractivity contribution >= 4 is 5.91 Å². The molecule has 0 rings (SSSR count). The second-order valence-corrected chi connectivity index (χ2v) is 3.35. The molecule has 0 radical (unpaired) electrons. The second kappa shape index (κ2) is 8.21. The van der Waals surface area contributed by atoms with E-state index in [1.807, 2.05) is 18.7 Å². The number of likely N-dealkylation sites (N-methyl/N-ethyl adjacent to an activating group) is 1. The summed E-state index contributed by atoms with van der Waals surface area (Å²) in [5.74, 6) is 4.96. The van der Waals surface area contributed by atoms with Gasteiger partial charge in [0.1, 0.15) is 0 Å². The third-order valence-electron chi connectivity index (χ3n) is 2.36. The van der Waals surface area contributed by atoms with Crippen molar-refractivity contribution in [2.75, 3.05) is 13.1 Å². The highest BCUT2D eigenvalue weighted by Crippen LogP contribution is 2.07. The van der Waals surface area contributed by atoms with Gasteiger partial charge in [-0.2, -0.15) is 5.26 Å². The number of hydrogen-bond acceptors (Lipinski definition) is 4. The van der Waals surface area contributed by atoms with Crippen molar-refractivity contribution in [3.05, 3.63) is 0 Å². The van der Waals surface area contributed by atoms with Crippen LogP contribution < -0.4 is 11.3 Å². The Morgan fingerprint density at radius 3 is 2.67 bits per heavy atom. The second-order valence-electron chi connectivity index (χ2n) is 3.35. The molecule has 1 amide bonds. The van der Waals surface area contributed by atoms with Gasteiger partial charge in [0.2, 0.25) is 0 Å². The van der Waals surface area contributed by atoms with Crippen LogP contribution in [-0.2, 0) is 4.79 Å². The lowest BCUT2D eigenvalue weighted by Crippen LogP contribution is -2.49. The van der Waals surface area contributed by atoms with Crippen LogP contribution in [-0.4, -0.2) is 29.9 Å². The molecule has 3 N–H and O–H groups in total. The minimum atomic E-state index is -0.210. The monoisotopic (exact) mass is 212 g/mol. The Balaban J connectivity index is 4.40. The average molecular weight is 212 g/mol. The van der Waals surface area contributed by atoms with E-state index < -0.39 is 0 Å². The van der Waals surface area contributed by atoms with E-state index in [4.69, 9.17) is 11.1 Å². The van der Waals surface area contributed by atoms with Gasteiger partial charge in [-0.3, -0.25) is 15.1 Å². The van der Waals surface area contributed by atoms with Crippen LogP contribution in [0.15, 0.2) is 0 Å². The van der Waals surface area contributed by atoms with E-state index in [0.717, 1.165) is 19.4 Å². The largest absolute Gasteiger partial charge is 0.293 e. The SMILES string of the molecule is CCCC(C(=O)NN)N(CC)CCC#N. The number of rotatable bonds is 7. The first-order chi connectivity index (χ1) is 7.21. The standard InChI is InChI=1S/C10H20N4O/c1-3-6-9(10(15)13-12)14(4-2)8-5-7-11/h9H,3-6,8,12H2,1-2H3,(H,13,15). The van der Waals surface area contributed by atoms with Gasteiger partial charge in [0.15, 0.2) is 0 Å². The number of amides is 1. The van der Waals surface area contributed by atoms with Gasteiger partial charge in [0.05, 0.1) is 12.1 Å². The van der Waals surface area contributed by atoms with Crippen molar-refractivity contribution in [3.63, 3.8) is 0 Å². The maximum absolute atomic E-state index is 11.5. The Labute approximate surface area is 91.2 Å². The fraction of sp³-hybridized carbons (Fsp3) is 0.800. The van der Waals surface area contributed by atoms with Gasteiger partial charge < -0.3 is 0 Å². The Morgan fingerprint density at radius 1 is 1.60 bits per heavy atom. The minimum absolute atomic E-state index is 0.170. The summed E-state index contributed by atoms with van der Waals surface area (Å²) in [6.07, 6.45) is 2.12. The molecule has 0 fully saturated rings. The van der Waals surface area contributed by atoms with E-state index >= 15 is 0 Å². The summed E-state index contributed by atoms with van der Waals surface area (Å²) in [4.78, 5) is 13.5. The molecule has 0 heterocycles. The van der Waals surface area contributed by atoms with Crippen LogP contribution in [0, 0.1) is 11.3 Å². The highest BCUT2D eigenvalue weighted by molar-refractivity contribution is 5.81. The zero-order chi connectivity index (χ0) is 11.7. The van der Waals surface area contributed by atoms with Gasteiger partial charge in [-0.1, -0.05) is 20.3 Å². The van der Waals surface area contributed by atoms with Crippen molar-refractivity contribution in [1.29, 1.82) is 5.26 Å². The number of carbonyl (C=O) groups is 1. The summed E-state index contributed by atoms with van der Waals surface area (Å²) < 4.78 is 0. The maximum Gasteiger partial charge on any atom is 0.251 e. The number of nitriles is 1. The van der Waals surface area contributed by atoms with E-state index in [9.17, 15) is 4.79 Å². The smallest absolute Gasteiger partial charge is 0.251 e. The predicted molar refractivity (Wildman–Crippen MR) is 58.5 cm³/mol. The first-order valence-electron chi connectivity index (χ1n) is 5.32. The van der Waals surface area contributed by atoms with Gasteiger partial charge in [-0.25, -0.2) is 5.84 Å². The molecule has 15 heavy (non-hydrogen) atoms. The first-order valence-corrected chi connectivity index (χ1v) is 5.32. The topological polar surface area (TPSA) is 82.2 Å². The van der Waals surface area contributed by atoms with E-state index in [0.29, 0.717) is 13.0 Å². The normalized spacial score (nSPS) is 12.2. The van der Waals surface area contributed by atoms with E-state index in [1.54, 1.807) is 0 Å². The molecule has 5 nitrogen and oxygen atoms in total. The molecule has 1 unspecified atom stereocenters. The molecule has 0 spiro atoms. The molecular formula is C10H20N4O. The summed E-state index contributed by atoms with van der Waals surface area (Å²) >= 11 is 0. The van der Waals surface area contributed by atoms with E-state index in [-0.39, 0.29) is 11.9 Å². The zero-order valence-corrected chi connectivity index (χ0v) is 9.49. The molecule has 0 aromatic heterocycles. The number of nitrogens with zero attached hydrogens (tertiary/aromatic N) is 2. The molecular weight excluding hydrogens is 192 g/mol. The Kier molecular flexibility index (Phi) is 7.60. The van der Waals surface area contributed by atoms with Gasteiger partial charge in [-0.05, 0) is 13.0 Å². The molecule has 0 aromatic carbocycles. The average Bonchev–Trinajstić information content (AvgIpc) is 2.27. The molecule has 0 bridgehead atoms. The molecule has 0 saturated carbocycles. The van der Waals surface area contributed by atoms with Crippen LogP contribution >= 0.6 is 0 Å². The van der Waals surface area contributed by atoms with Crippen molar-refractivity contribution in [2.45, 2.75) is 39.2 Å². The Hall–Kier alpha value is -1.12. The predicted octanol–water partition coefficient (Wildman–Crippen LogP) is 0.381. The summed E-state index contributed by atoms with van der Waals surface area (Å²) in [6, 6.07) is 1.87. The van der Waals surface area contributed by atoms with Crippen molar-refractivity contribution in [1.82, 2.24) is 10.3 Å². The third-order valence-corrected chi connectivity index (χ3v) is 2.36.